The average molecular weight is 613 g/mol. The van der Waals surface area contributed by atoms with Crippen LogP contribution in [0.5, 0.6) is 0 Å². The Kier molecular flexibility index (Phi) is 12.0. The zero-order valence-corrected chi connectivity index (χ0v) is 23.9. The number of carboxylic acid groups (broad SMARTS) is 1. The third-order valence-electron chi connectivity index (χ3n) is 5.30. The number of benzene rings is 1. The first-order valence-corrected chi connectivity index (χ1v) is 14.1. The van der Waals surface area contributed by atoms with E-state index in [1.807, 2.05) is 19.2 Å². The van der Waals surface area contributed by atoms with E-state index in [4.69, 9.17) is 21.1 Å². The van der Waals surface area contributed by atoms with Gasteiger partial charge >= 0.3 is 17.9 Å². The van der Waals surface area contributed by atoms with E-state index in [1.54, 1.807) is 19.1 Å². The van der Waals surface area contributed by atoms with E-state index in [0.29, 0.717) is 16.5 Å². The van der Waals surface area contributed by atoms with Gasteiger partial charge in [-0.2, -0.15) is 5.10 Å². The summed E-state index contributed by atoms with van der Waals surface area (Å²) in [5.41, 5.74) is 0.422. The average Bonchev–Trinajstić information content (AvgIpc) is 3.49. The summed E-state index contributed by atoms with van der Waals surface area (Å²) in [6.07, 6.45) is 4.70. The first kappa shape index (κ1) is 32.9. The fourth-order valence-electron chi connectivity index (χ4n) is 3.50. The van der Waals surface area contributed by atoms with Gasteiger partial charge < -0.3 is 9.52 Å². The molecule has 0 radical (unpaired) electrons. The SMILES string of the molecule is CC1=Nc2ccc(Cl)cc2S(=O)(=O)N1.CCCC(CCC)C(=O)O.O=C1CN(/N=C/c2ccc([N+](=O)[O-])o2)C(=O)N1. The number of carboxylic acids is 1. The van der Waals surface area contributed by atoms with Gasteiger partial charge in [-0.15, -0.1) is 0 Å². The van der Waals surface area contributed by atoms with Crippen molar-refractivity contribution < 1.29 is 37.2 Å². The molecule has 3 heterocycles. The molecule has 0 bridgehead atoms. The van der Waals surface area contributed by atoms with Gasteiger partial charge in [-0.3, -0.25) is 29.7 Å². The molecule has 0 atom stereocenters. The van der Waals surface area contributed by atoms with Crippen LogP contribution in [-0.4, -0.2) is 60.0 Å². The number of aliphatic carboxylic acids is 1. The van der Waals surface area contributed by atoms with Crippen LogP contribution in [0, 0.1) is 16.0 Å². The number of halogens is 1. The van der Waals surface area contributed by atoms with Crippen LogP contribution in [0.2, 0.25) is 5.02 Å². The summed E-state index contributed by atoms with van der Waals surface area (Å²) in [5.74, 6) is -1.15. The molecule has 1 aromatic carbocycles. The van der Waals surface area contributed by atoms with E-state index in [-0.39, 0.29) is 23.1 Å². The maximum Gasteiger partial charge on any atom is 0.433 e. The Balaban J connectivity index is 0.000000223. The van der Waals surface area contributed by atoms with Crippen molar-refractivity contribution in [3.63, 3.8) is 0 Å². The van der Waals surface area contributed by atoms with Gasteiger partial charge in [0, 0.05) is 5.02 Å². The second kappa shape index (κ2) is 14.9. The Hall–Kier alpha value is -4.31. The number of urea groups is 1. The lowest BCUT2D eigenvalue weighted by molar-refractivity contribution is -0.402. The molecule has 2 aromatic rings. The standard InChI is InChI=1S/C8H7ClN2O2S.C8H6N4O5.C8H16O2/c1-5-10-7-3-2-6(9)4-8(7)14(12,13)11-5;13-6-4-11(8(14)10-6)9-3-5-1-2-7(17-5)12(15)16;1-3-5-7(6-4-2)8(9)10/h2-4H,1H3,(H,10,11);1-3H,4H2,(H,10,13,14);7H,3-6H2,1-2H3,(H,9,10)/b;9-3+;. The molecular formula is C24H29ClN6O9S. The third kappa shape index (κ3) is 9.99. The number of amides is 3. The molecule has 0 spiro atoms. The molecule has 4 rings (SSSR count). The first-order valence-electron chi connectivity index (χ1n) is 12.3. The molecule has 17 heteroatoms. The molecule has 0 unspecified atom stereocenters. The summed E-state index contributed by atoms with van der Waals surface area (Å²) < 4.78 is 30.2. The number of sulfonamides is 1. The molecular weight excluding hydrogens is 584 g/mol. The minimum Gasteiger partial charge on any atom is -0.481 e. The van der Waals surface area contributed by atoms with E-state index in [1.165, 1.54) is 12.1 Å². The maximum atomic E-state index is 11.6. The highest BCUT2D eigenvalue weighted by atomic mass is 35.5. The van der Waals surface area contributed by atoms with Gasteiger partial charge in [-0.1, -0.05) is 38.3 Å². The minimum absolute atomic E-state index is 0.102. The van der Waals surface area contributed by atoms with Gasteiger partial charge in [0.2, 0.25) is 5.91 Å². The summed E-state index contributed by atoms with van der Waals surface area (Å²) in [5, 5.41) is 25.9. The predicted octanol–water partition coefficient (Wildman–Crippen LogP) is 4.04. The van der Waals surface area contributed by atoms with Crippen molar-refractivity contribution in [1.29, 1.82) is 0 Å². The van der Waals surface area contributed by atoms with E-state index in [9.17, 15) is 32.9 Å². The summed E-state index contributed by atoms with van der Waals surface area (Å²) >= 11 is 5.70. The van der Waals surface area contributed by atoms with Crippen LogP contribution in [0.4, 0.5) is 16.4 Å². The number of carbonyl (C=O) groups is 3. The van der Waals surface area contributed by atoms with Crippen molar-refractivity contribution >= 4 is 63.2 Å². The summed E-state index contributed by atoms with van der Waals surface area (Å²) in [6.45, 7) is 5.45. The molecule has 3 amide bonds. The van der Waals surface area contributed by atoms with Crippen molar-refractivity contribution in [3.8, 4) is 0 Å². The van der Waals surface area contributed by atoms with Crippen LogP contribution >= 0.6 is 11.6 Å². The van der Waals surface area contributed by atoms with Crippen LogP contribution in [-0.2, 0) is 19.6 Å². The number of imide groups is 1. The van der Waals surface area contributed by atoms with Crippen LogP contribution in [0.15, 0.2) is 49.7 Å². The smallest absolute Gasteiger partial charge is 0.433 e. The largest absolute Gasteiger partial charge is 0.481 e. The number of hydrogen-bond donors (Lipinski definition) is 3. The van der Waals surface area contributed by atoms with Crippen molar-refractivity contribution in [2.75, 3.05) is 6.54 Å². The molecule has 41 heavy (non-hydrogen) atoms. The number of nitrogens with zero attached hydrogens (tertiary/aromatic N) is 4. The highest BCUT2D eigenvalue weighted by Crippen LogP contribution is 2.29. The third-order valence-corrected chi connectivity index (χ3v) is 7.00. The van der Waals surface area contributed by atoms with E-state index in [0.717, 1.165) is 43.0 Å². The van der Waals surface area contributed by atoms with Gasteiger partial charge in [0.05, 0.1) is 23.9 Å². The van der Waals surface area contributed by atoms with Gasteiger partial charge in [-0.05, 0) is 44.0 Å². The molecule has 1 fully saturated rings. The minimum atomic E-state index is -3.48. The number of amidine groups is 1. The molecule has 3 N–H and O–H groups in total. The van der Waals surface area contributed by atoms with Crippen molar-refractivity contribution in [3.05, 3.63) is 51.2 Å². The van der Waals surface area contributed by atoms with E-state index in [2.05, 4.69) is 14.8 Å². The summed E-state index contributed by atoms with van der Waals surface area (Å²) in [4.78, 5) is 46.1. The number of fused-ring (bicyclic) bond motifs is 1. The number of rotatable bonds is 8. The molecule has 1 saturated heterocycles. The lowest BCUT2D eigenvalue weighted by Gasteiger charge is -2.15. The van der Waals surface area contributed by atoms with Crippen LogP contribution < -0.4 is 10.0 Å². The zero-order valence-electron chi connectivity index (χ0n) is 22.4. The number of furan rings is 1. The molecule has 2 aliphatic heterocycles. The molecule has 222 valence electrons. The summed E-state index contributed by atoms with van der Waals surface area (Å²) in [6, 6.07) is 6.42. The number of hydrogen-bond acceptors (Lipinski definition) is 10. The Morgan fingerprint density at radius 2 is 1.93 bits per heavy atom. The number of nitrogens with one attached hydrogen (secondary N) is 2. The van der Waals surface area contributed by atoms with E-state index >= 15 is 0 Å². The lowest BCUT2D eigenvalue weighted by Crippen LogP contribution is -2.31. The normalized spacial score (nSPS) is 15.1. The van der Waals surface area contributed by atoms with Crippen LogP contribution in [0.1, 0.15) is 52.2 Å². The van der Waals surface area contributed by atoms with Crippen molar-refractivity contribution in [2.24, 2.45) is 16.0 Å². The van der Waals surface area contributed by atoms with Gasteiger partial charge in [0.1, 0.15) is 22.2 Å². The number of aliphatic imine (C=N–C) groups is 1. The second-order valence-electron chi connectivity index (χ2n) is 8.62. The monoisotopic (exact) mass is 612 g/mol. The Labute approximate surface area is 240 Å². The van der Waals surface area contributed by atoms with Crippen molar-refractivity contribution in [2.45, 2.75) is 51.3 Å². The van der Waals surface area contributed by atoms with E-state index < -0.39 is 38.7 Å². The number of carbonyl (C=O) groups excluding carboxylic acids is 2. The Morgan fingerprint density at radius 3 is 2.44 bits per heavy atom. The second-order valence-corrected chi connectivity index (χ2v) is 10.7. The lowest BCUT2D eigenvalue weighted by atomic mass is 9.99. The van der Waals surface area contributed by atoms with Crippen molar-refractivity contribution in [1.82, 2.24) is 15.0 Å². The maximum absolute atomic E-state index is 11.6. The first-order chi connectivity index (χ1) is 19.3. The van der Waals surface area contributed by atoms with Crippen LogP contribution in [0.25, 0.3) is 0 Å². The zero-order chi connectivity index (χ0) is 30.7. The summed E-state index contributed by atoms with van der Waals surface area (Å²) in [7, 11) is -3.48. The number of hydrazone groups is 1. The predicted molar refractivity (Wildman–Crippen MR) is 149 cm³/mol. The number of nitro groups is 1. The quantitative estimate of drug-likeness (QED) is 0.169. The fourth-order valence-corrected chi connectivity index (χ4v) is 4.95. The molecule has 2 aliphatic rings. The van der Waals surface area contributed by atoms with Gasteiger partial charge in [0.25, 0.3) is 10.0 Å². The molecule has 1 aromatic heterocycles. The highest BCUT2D eigenvalue weighted by molar-refractivity contribution is 7.90. The van der Waals surface area contributed by atoms with Gasteiger partial charge in [-0.25, -0.2) is 23.2 Å². The highest BCUT2D eigenvalue weighted by Gasteiger charge is 2.26. The topological polar surface area (TPSA) is 214 Å². The Morgan fingerprint density at radius 1 is 1.27 bits per heavy atom. The Bertz CT molecular complexity index is 1450. The van der Waals surface area contributed by atoms with Gasteiger partial charge in [0.15, 0.2) is 5.76 Å². The molecule has 0 saturated carbocycles. The molecule has 0 aliphatic carbocycles. The fraction of sp³-hybridized carbons (Fsp3) is 0.375. The molecule has 15 nitrogen and oxygen atoms in total. The van der Waals surface area contributed by atoms with Crippen LogP contribution in [0.3, 0.4) is 0 Å².